The van der Waals surface area contributed by atoms with E-state index in [-0.39, 0.29) is 63.1 Å². The number of ketones is 2. The Labute approximate surface area is 257 Å². The Kier molecular flexibility index (Phi) is 19.8. The van der Waals surface area contributed by atoms with Gasteiger partial charge in [0.2, 0.25) is 29.3 Å². The molecule has 44 heavy (non-hydrogen) atoms. The number of carbonyl (C=O) groups excluding carboxylic acids is 5. The van der Waals surface area contributed by atoms with E-state index in [0.29, 0.717) is 25.8 Å². The van der Waals surface area contributed by atoms with Crippen molar-refractivity contribution in [3.63, 3.8) is 0 Å². The van der Waals surface area contributed by atoms with E-state index in [9.17, 15) is 24.0 Å². The molecule has 0 spiro atoms. The smallest absolute Gasteiger partial charge is 0.243 e. The number of nitrogens with one attached hydrogen (secondary N) is 4. The molecule has 0 saturated carbocycles. The van der Waals surface area contributed by atoms with Gasteiger partial charge in [-0.05, 0) is 59.0 Å². The van der Waals surface area contributed by atoms with Crippen molar-refractivity contribution in [1.29, 1.82) is 0 Å². The first kappa shape index (κ1) is 39.5. The lowest BCUT2D eigenvalue weighted by Crippen LogP contribution is -2.56. The number of rotatable bonds is 24. The number of carbonyl (C=O) groups is 5. The fourth-order valence-corrected chi connectivity index (χ4v) is 4.04. The van der Waals surface area contributed by atoms with Crippen LogP contribution in [0.5, 0.6) is 0 Å². The van der Waals surface area contributed by atoms with Crippen LogP contribution in [0.15, 0.2) is 15.0 Å². The van der Waals surface area contributed by atoms with E-state index in [4.69, 9.17) is 40.1 Å². The standard InChI is InChI=1S/C25H50N14O5/c1-33-14(6-3-11-35-23(27)28)19(41)20(42)15(7-4-12-36-24(29)30)38-22(44)17(9-10-18(26)40)39-21(43)16(34-2)8-5-13-37-25(31)32/h14-17,33-34H,3-13H2,1-2H3,(H2,26,40)(H,38,44)(H,39,43)(H4,27,28,35)(H4,29,30,36)(H4,31,32,37)/t14-,15-,16-,17?/m0/s1. The molecule has 0 aliphatic rings. The summed E-state index contributed by atoms with van der Waals surface area (Å²) in [5.41, 5.74) is 37.3. The van der Waals surface area contributed by atoms with Gasteiger partial charge in [0.05, 0.1) is 18.1 Å². The molecule has 0 aromatic carbocycles. The minimum Gasteiger partial charge on any atom is -0.370 e. The summed E-state index contributed by atoms with van der Waals surface area (Å²) in [7, 11) is 3.09. The molecule has 19 heteroatoms. The van der Waals surface area contributed by atoms with E-state index in [1.165, 1.54) is 7.05 Å². The highest BCUT2D eigenvalue weighted by Gasteiger charge is 2.33. The van der Waals surface area contributed by atoms with Crippen molar-refractivity contribution in [1.82, 2.24) is 21.3 Å². The summed E-state index contributed by atoms with van der Waals surface area (Å²) in [6.45, 7) is 0.679. The molecular weight excluding hydrogens is 576 g/mol. The second kappa shape index (κ2) is 22.1. The Bertz CT molecular complexity index is 1040. The molecule has 0 bridgehead atoms. The van der Waals surface area contributed by atoms with Crippen LogP contribution in [0.2, 0.25) is 0 Å². The highest BCUT2D eigenvalue weighted by atomic mass is 16.2. The number of hydrogen-bond acceptors (Lipinski definition) is 10. The average Bonchev–Trinajstić information content (AvgIpc) is 2.95. The highest BCUT2D eigenvalue weighted by molar-refractivity contribution is 6.41. The Hall–Kier alpha value is -4.52. The number of aliphatic imine (C=N–C) groups is 3. The molecule has 18 N–H and O–H groups in total. The van der Waals surface area contributed by atoms with Crippen molar-refractivity contribution < 1.29 is 24.0 Å². The van der Waals surface area contributed by atoms with Gasteiger partial charge in [-0.3, -0.25) is 38.9 Å². The minimum atomic E-state index is -1.27. The first-order valence-corrected chi connectivity index (χ1v) is 14.2. The third kappa shape index (κ3) is 17.4. The van der Waals surface area contributed by atoms with Gasteiger partial charge < -0.3 is 61.4 Å². The predicted octanol–water partition coefficient (Wildman–Crippen LogP) is -5.30. The molecule has 19 nitrogen and oxygen atoms in total. The van der Waals surface area contributed by atoms with Crippen LogP contribution >= 0.6 is 0 Å². The van der Waals surface area contributed by atoms with Crippen molar-refractivity contribution in [3.8, 4) is 0 Å². The number of Topliss-reactive ketones (excluding diaryl/α,β-unsaturated/α-hetero) is 2. The van der Waals surface area contributed by atoms with Crippen LogP contribution in [0.3, 0.4) is 0 Å². The fourth-order valence-electron chi connectivity index (χ4n) is 4.04. The van der Waals surface area contributed by atoms with Crippen molar-refractivity contribution >= 4 is 47.2 Å². The van der Waals surface area contributed by atoms with Gasteiger partial charge in [0, 0.05) is 26.1 Å². The van der Waals surface area contributed by atoms with Crippen molar-refractivity contribution in [2.45, 2.75) is 75.5 Å². The van der Waals surface area contributed by atoms with Crippen LogP contribution in [-0.2, 0) is 24.0 Å². The maximum Gasteiger partial charge on any atom is 0.243 e. The number of nitrogens with two attached hydrogens (primary N) is 7. The Morgan fingerprint density at radius 1 is 0.523 bits per heavy atom. The van der Waals surface area contributed by atoms with Crippen LogP contribution in [0, 0.1) is 0 Å². The number of guanidine groups is 3. The van der Waals surface area contributed by atoms with Gasteiger partial charge >= 0.3 is 0 Å². The number of nitrogens with zero attached hydrogens (tertiary/aromatic N) is 3. The van der Waals surface area contributed by atoms with E-state index in [0.717, 1.165) is 0 Å². The molecule has 0 radical (unpaired) electrons. The van der Waals surface area contributed by atoms with E-state index in [1.54, 1.807) is 7.05 Å². The SMILES string of the molecule is CN[C@@H](CCCN=C(N)N)C(=O)NC(CCC(N)=O)C(=O)N[C@@H](CCCN=C(N)N)C(=O)C(=O)[C@H](CCCN=C(N)N)NC. The minimum absolute atomic E-state index is 0.0119. The largest absolute Gasteiger partial charge is 0.370 e. The lowest BCUT2D eigenvalue weighted by molar-refractivity contribution is -0.140. The second-order valence-electron chi connectivity index (χ2n) is 9.88. The molecule has 0 aromatic heterocycles. The van der Waals surface area contributed by atoms with Crippen LogP contribution in [0.4, 0.5) is 0 Å². The third-order valence-electron chi connectivity index (χ3n) is 6.35. The number of likely N-dealkylation sites (N-methyl/N-ethyl adjacent to an activating group) is 2. The van der Waals surface area contributed by atoms with Gasteiger partial charge in [0.15, 0.2) is 17.9 Å². The van der Waals surface area contributed by atoms with E-state index >= 15 is 0 Å². The molecule has 0 aliphatic carbocycles. The molecule has 0 aliphatic heterocycles. The Morgan fingerprint density at radius 3 is 1.30 bits per heavy atom. The zero-order chi connectivity index (χ0) is 33.7. The van der Waals surface area contributed by atoms with Crippen LogP contribution in [-0.4, -0.2) is 105 Å². The van der Waals surface area contributed by atoms with Gasteiger partial charge in [-0.15, -0.1) is 0 Å². The molecule has 4 atom stereocenters. The van der Waals surface area contributed by atoms with Crippen LogP contribution in [0.1, 0.15) is 51.4 Å². The van der Waals surface area contributed by atoms with Gasteiger partial charge in [-0.1, -0.05) is 0 Å². The molecular formula is C25H50N14O5. The van der Waals surface area contributed by atoms with Crippen LogP contribution in [0.25, 0.3) is 0 Å². The highest BCUT2D eigenvalue weighted by Crippen LogP contribution is 2.09. The van der Waals surface area contributed by atoms with Crippen molar-refractivity contribution in [2.75, 3.05) is 33.7 Å². The summed E-state index contributed by atoms with van der Waals surface area (Å²) < 4.78 is 0. The quantitative estimate of drug-likeness (QED) is 0.0206. The van der Waals surface area contributed by atoms with Crippen LogP contribution < -0.4 is 61.4 Å². The number of hydrogen-bond donors (Lipinski definition) is 11. The van der Waals surface area contributed by atoms with Gasteiger partial charge in [-0.25, -0.2) is 0 Å². The van der Waals surface area contributed by atoms with Gasteiger partial charge in [0.25, 0.3) is 0 Å². The summed E-state index contributed by atoms with van der Waals surface area (Å²) in [6.07, 6.45) is 1.32. The van der Waals surface area contributed by atoms with Crippen molar-refractivity contribution in [2.24, 2.45) is 55.1 Å². The second-order valence-corrected chi connectivity index (χ2v) is 9.88. The Morgan fingerprint density at radius 2 is 0.886 bits per heavy atom. The average molecular weight is 627 g/mol. The zero-order valence-electron chi connectivity index (χ0n) is 25.5. The molecule has 0 heterocycles. The maximum absolute atomic E-state index is 13.4. The molecule has 3 amide bonds. The molecule has 0 saturated heterocycles. The lowest BCUT2D eigenvalue weighted by atomic mass is 9.96. The van der Waals surface area contributed by atoms with E-state index < -0.39 is 53.5 Å². The summed E-state index contributed by atoms with van der Waals surface area (Å²) >= 11 is 0. The van der Waals surface area contributed by atoms with Crippen molar-refractivity contribution in [3.05, 3.63) is 0 Å². The number of primary amides is 1. The van der Waals surface area contributed by atoms with Gasteiger partial charge in [0.1, 0.15) is 6.04 Å². The van der Waals surface area contributed by atoms with E-state index in [2.05, 4.69) is 36.2 Å². The molecule has 250 valence electrons. The third-order valence-corrected chi connectivity index (χ3v) is 6.35. The molecule has 1 unspecified atom stereocenters. The zero-order valence-corrected chi connectivity index (χ0v) is 25.5. The summed E-state index contributed by atoms with van der Waals surface area (Å²) in [4.78, 5) is 76.0. The monoisotopic (exact) mass is 626 g/mol. The Balaban J connectivity index is 5.84. The summed E-state index contributed by atoms with van der Waals surface area (Å²) in [6, 6.07) is -4.10. The molecule has 0 fully saturated rings. The topological polar surface area (TPSA) is 353 Å². The summed E-state index contributed by atoms with van der Waals surface area (Å²) in [5.74, 6) is -3.97. The molecule has 0 rings (SSSR count). The fraction of sp³-hybridized carbons (Fsp3) is 0.680. The number of amides is 3. The summed E-state index contributed by atoms with van der Waals surface area (Å²) in [5, 5.41) is 10.8. The normalized spacial score (nSPS) is 13.3. The molecule has 0 aromatic rings. The first-order valence-electron chi connectivity index (χ1n) is 14.2. The van der Waals surface area contributed by atoms with Gasteiger partial charge in [-0.2, -0.15) is 0 Å². The first-order chi connectivity index (χ1) is 20.7. The predicted molar refractivity (Wildman–Crippen MR) is 168 cm³/mol. The lowest BCUT2D eigenvalue weighted by Gasteiger charge is -2.25. The van der Waals surface area contributed by atoms with E-state index in [1.807, 2.05) is 0 Å². The maximum atomic E-state index is 13.4.